The number of ether oxygens (including phenoxy) is 3. The van der Waals surface area contributed by atoms with E-state index in [2.05, 4.69) is 45.1 Å². The molecule has 5 amide bonds. The number of benzene rings is 3. The van der Waals surface area contributed by atoms with Gasteiger partial charge in [-0.25, -0.2) is 9.97 Å². The summed E-state index contributed by atoms with van der Waals surface area (Å²) < 4.78 is 18.1. The first-order valence-corrected chi connectivity index (χ1v) is 22.6. The lowest BCUT2D eigenvalue weighted by atomic mass is 9.93. The van der Waals surface area contributed by atoms with Crippen LogP contribution in [-0.2, 0) is 25.6 Å². The Bertz CT molecular complexity index is 2450. The van der Waals surface area contributed by atoms with E-state index >= 15 is 0 Å². The fourth-order valence-electron chi connectivity index (χ4n) is 7.65. The SMILES string of the molecule is Cc1nc(-c2ccc(OCCC(C)C)cc2)nc(C)c1C(=O)NC(CCN)C(=O)N(C)C1C(=O)NC(C)C(=O)NC(C(=O)NCC#N)Cc2ccc(OCCN)c(c2)-c2cc1ccc2OCCN. The molecule has 0 aliphatic carbocycles. The van der Waals surface area contributed by atoms with Gasteiger partial charge >= 0.3 is 0 Å². The molecule has 10 N–H and O–H groups in total. The number of carbonyl (C=O) groups excluding carboxylic acids is 5. The van der Waals surface area contributed by atoms with Crippen molar-refractivity contribution in [3.8, 4) is 45.8 Å². The van der Waals surface area contributed by atoms with Gasteiger partial charge in [-0.2, -0.15) is 5.26 Å². The molecule has 0 saturated heterocycles. The monoisotopic (exact) mass is 933 g/mol. The van der Waals surface area contributed by atoms with Gasteiger partial charge in [0.15, 0.2) is 5.82 Å². The van der Waals surface area contributed by atoms with Crippen molar-refractivity contribution < 1.29 is 38.2 Å². The van der Waals surface area contributed by atoms with E-state index in [4.69, 9.17) is 31.4 Å². The number of hydrogen-bond donors (Lipinski definition) is 7. The van der Waals surface area contributed by atoms with E-state index in [-0.39, 0.29) is 57.8 Å². The van der Waals surface area contributed by atoms with Crippen LogP contribution in [0.4, 0.5) is 0 Å². The first kappa shape index (κ1) is 51.8. The van der Waals surface area contributed by atoms with Gasteiger partial charge in [0, 0.05) is 43.2 Å². The smallest absolute Gasteiger partial charge is 0.255 e. The third-order valence-electron chi connectivity index (χ3n) is 11.2. The lowest BCUT2D eigenvalue weighted by molar-refractivity contribution is -0.141. The summed E-state index contributed by atoms with van der Waals surface area (Å²) in [6.07, 6.45) is 0.916. The van der Waals surface area contributed by atoms with Crippen molar-refractivity contribution in [2.45, 2.75) is 78.0 Å². The van der Waals surface area contributed by atoms with Crippen molar-refractivity contribution in [3.05, 3.63) is 88.7 Å². The van der Waals surface area contributed by atoms with Crippen LogP contribution in [0.15, 0.2) is 60.7 Å². The minimum absolute atomic E-state index is 0.00163. The fraction of sp³-hybridized carbons (Fsp3) is 0.429. The van der Waals surface area contributed by atoms with Crippen LogP contribution >= 0.6 is 0 Å². The summed E-state index contributed by atoms with van der Waals surface area (Å²) in [6.45, 7) is 10.0. The van der Waals surface area contributed by atoms with Gasteiger partial charge in [-0.15, -0.1) is 0 Å². The van der Waals surface area contributed by atoms with Crippen molar-refractivity contribution in [1.29, 1.82) is 5.26 Å². The normalized spacial score (nSPS) is 16.3. The molecule has 0 saturated carbocycles. The third kappa shape index (κ3) is 13.3. The Morgan fingerprint density at radius 3 is 2.07 bits per heavy atom. The summed E-state index contributed by atoms with van der Waals surface area (Å²) in [5.41, 5.74) is 21.2. The second-order valence-corrected chi connectivity index (χ2v) is 16.8. The van der Waals surface area contributed by atoms with Crippen LogP contribution in [-0.4, -0.2) is 116 Å². The van der Waals surface area contributed by atoms with Gasteiger partial charge in [0.1, 0.15) is 61.2 Å². The molecule has 4 bridgehead atoms. The molecule has 4 unspecified atom stereocenters. The highest BCUT2D eigenvalue weighted by Crippen LogP contribution is 2.40. The lowest BCUT2D eigenvalue weighted by Crippen LogP contribution is -2.56. The zero-order valence-corrected chi connectivity index (χ0v) is 39.5. The maximum atomic E-state index is 14.7. The summed E-state index contributed by atoms with van der Waals surface area (Å²) in [7, 11) is 1.41. The standard InChI is InChI=1S/C49H63N11O8/c1-28(2)16-22-66-35-11-8-33(9-12-35)44-55-29(3)42(30(4)56-44)47(63)58-38(15-17-50)49(65)60(6)43-34-10-14-41(68-24-20-53)37(27-34)36-25-32(7-13-40(36)67-23-19-52)26-39(46(62)54-21-18-51)59-45(61)31(5)57-48(43)64/h7-14,25,27-28,31,38-39,43H,15-17,19-24,26,50,52-53H2,1-6H3,(H,54,62)(H,57,64)(H,58,63)(H,59,61). The predicted molar refractivity (Wildman–Crippen MR) is 255 cm³/mol. The molecule has 1 aliphatic heterocycles. The highest BCUT2D eigenvalue weighted by Gasteiger charge is 2.36. The summed E-state index contributed by atoms with van der Waals surface area (Å²) >= 11 is 0. The average Bonchev–Trinajstić information content (AvgIpc) is 3.31. The Morgan fingerprint density at radius 1 is 0.838 bits per heavy atom. The molecule has 19 nitrogen and oxygen atoms in total. The molecule has 0 fully saturated rings. The number of amides is 5. The van der Waals surface area contributed by atoms with Gasteiger partial charge in [-0.05, 0) is 106 Å². The van der Waals surface area contributed by atoms with Crippen LogP contribution in [0.1, 0.15) is 72.5 Å². The topological polar surface area (TPSA) is 292 Å². The van der Waals surface area contributed by atoms with E-state index in [1.54, 1.807) is 50.2 Å². The molecular formula is C49H63N11O8. The predicted octanol–water partition coefficient (Wildman–Crippen LogP) is 2.36. The average molecular weight is 934 g/mol. The number of fused-ring (bicyclic) bond motifs is 5. The maximum absolute atomic E-state index is 14.7. The van der Waals surface area contributed by atoms with Crippen molar-refractivity contribution in [2.24, 2.45) is 23.1 Å². The molecular weight excluding hydrogens is 871 g/mol. The van der Waals surface area contributed by atoms with Crippen LogP contribution in [0.3, 0.4) is 0 Å². The third-order valence-corrected chi connectivity index (χ3v) is 11.2. The number of carbonyl (C=O) groups is 5. The molecule has 4 aromatic rings. The largest absolute Gasteiger partial charge is 0.494 e. The van der Waals surface area contributed by atoms with E-state index in [0.717, 1.165) is 17.7 Å². The first-order valence-electron chi connectivity index (χ1n) is 22.6. The van der Waals surface area contributed by atoms with Gasteiger partial charge in [0.2, 0.25) is 23.6 Å². The van der Waals surface area contributed by atoms with Crippen LogP contribution in [0.5, 0.6) is 17.2 Å². The van der Waals surface area contributed by atoms with E-state index in [9.17, 15) is 29.2 Å². The molecule has 4 atom stereocenters. The van der Waals surface area contributed by atoms with Crippen LogP contribution in [0, 0.1) is 31.1 Å². The molecule has 0 spiro atoms. The van der Waals surface area contributed by atoms with Gasteiger partial charge < -0.3 is 57.6 Å². The Balaban J connectivity index is 1.53. The van der Waals surface area contributed by atoms with Crippen LogP contribution in [0.2, 0.25) is 0 Å². The van der Waals surface area contributed by atoms with Crippen molar-refractivity contribution in [2.75, 3.05) is 53.0 Å². The molecule has 5 rings (SSSR count). The number of hydrogen-bond acceptors (Lipinski definition) is 14. The maximum Gasteiger partial charge on any atom is 0.255 e. The van der Waals surface area contributed by atoms with Gasteiger partial charge in [-0.1, -0.05) is 26.0 Å². The van der Waals surface area contributed by atoms with Crippen molar-refractivity contribution in [3.63, 3.8) is 0 Å². The summed E-state index contributed by atoms with van der Waals surface area (Å²) in [6, 6.07) is 14.4. The number of nitrogens with zero attached hydrogens (tertiary/aromatic N) is 4. The number of nitriles is 1. The molecule has 3 aromatic carbocycles. The number of aromatic nitrogens is 2. The quantitative estimate of drug-likeness (QED) is 0.0665. The number of nitrogens with two attached hydrogens (primary N) is 3. The Labute approximate surface area is 396 Å². The van der Waals surface area contributed by atoms with E-state index in [0.29, 0.717) is 63.5 Å². The van der Waals surface area contributed by atoms with Gasteiger partial charge in [-0.3, -0.25) is 24.0 Å². The van der Waals surface area contributed by atoms with Crippen molar-refractivity contribution in [1.82, 2.24) is 36.1 Å². The molecule has 1 aromatic heterocycles. The Kier molecular flexibility index (Phi) is 18.7. The number of aryl methyl sites for hydroxylation is 2. The summed E-state index contributed by atoms with van der Waals surface area (Å²) in [5.74, 6) is -0.973. The highest BCUT2D eigenvalue weighted by molar-refractivity contribution is 6.00. The molecule has 0 radical (unpaired) electrons. The van der Waals surface area contributed by atoms with E-state index in [1.807, 2.05) is 30.3 Å². The second-order valence-electron chi connectivity index (χ2n) is 16.8. The molecule has 19 heteroatoms. The summed E-state index contributed by atoms with van der Waals surface area (Å²) in [5, 5.41) is 19.9. The fourth-order valence-corrected chi connectivity index (χ4v) is 7.65. The molecule has 362 valence electrons. The van der Waals surface area contributed by atoms with E-state index in [1.165, 1.54) is 18.9 Å². The highest BCUT2D eigenvalue weighted by atomic mass is 16.5. The van der Waals surface area contributed by atoms with Crippen LogP contribution in [0.25, 0.3) is 22.5 Å². The van der Waals surface area contributed by atoms with Crippen LogP contribution < -0.4 is 52.7 Å². The molecule has 1 aliphatic rings. The van der Waals surface area contributed by atoms with Gasteiger partial charge in [0.25, 0.3) is 5.91 Å². The molecule has 68 heavy (non-hydrogen) atoms. The minimum Gasteiger partial charge on any atom is -0.494 e. The zero-order valence-electron chi connectivity index (χ0n) is 39.5. The second kappa shape index (κ2) is 24.6. The zero-order chi connectivity index (χ0) is 49.5. The minimum atomic E-state index is -1.41. The first-order chi connectivity index (χ1) is 32.6. The van der Waals surface area contributed by atoms with Crippen molar-refractivity contribution >= 4 is 29.5 Å². The number of rotatable bonds is 19. The lowest BCUT2D eigenvalue weighted by Gasteiger charge is -2.32. The number of nitrogens with one attached hydrogen (secondary N) is 4. The molecule has 2 heterocycles. The van der Waals surface area contributed by atoms with E-state index < -0.39 is 53.7 Å². The Morgan fingerprint density at radius 2 is 1.47 bits per heavy atom. The number of likely N-dealkylation sites (N-methyl/N-ethyl adjacent to an activating group) is 1. The van der Waals surface area contributed by atoms with Gasteiger partial charge in [0.05, 0.1) is 29.6 Å². The Hall–Kier alpha value is -7.14. The summed E-state index contributed by atoms with van der Waals surface area (Å²) in [4.78, 5) is 81.1.